The molecule has 0 aromatic heterocycles. The first-order valence-corrected chi connectivity index (χ1v) is 5.13. The molecule has 5 N–H and O–H groups in total. The van der Waals surface area contributed by atoms with Gasteiger partial charge in [0.25, 0.3) is 0 Å². The maximum atomic E-state index is 11.7. The fourth-order valence-electron chi connectivity index (χ4n) is 1.34. The van der Waals surface area contributed by atoms with Crippen molar-refractivity contribution in [2.24, 2.45) is 5.73 Å². The SMILES string of the molecule is CC(C(=O)NC(CC(N)=O)C(=O)O)=C1CNC1. The highest BCUT2D eigenvalue weighted by Gasteiger charge is 2.24. The van der Waals surface area contributed by atoms with Crippen molar-refractivity contribution < 1.29 is 19.5 Å². The number of carboxylic acid groups (broad SMARTS) is 1. The quantitative estimate of drug-likeness (QED) is 0.430. The number of hydrogen-bond donors (Lipinski definition) is 4. The van der Waals surface area contributed by atoms with Crippen LogP contribution in [0, 0.1) is 0 Å². The molecule has 94 valence electrons. The number of amides is 2. The summed E-state index contributed by atoms with van der Waals surface area (Å²) in [5.41, 5.74) is 6.33. The smallest absolute Gasteiger partial charge is 0.326 e. The summed E-state index contributed by atoms with van der Waals surface area (Å²) in [7, 11) is 0. The van der Waals surface area contributed by atoms with Gasteiger partial charge in [-0.05, 0) is 12.5 Å². The number of nitrogens with two attached hydrogens (primary N) is 1. The largest absolute Gasteiger partial charge is 0.480 e. The summed E-state index contributed by atoms with van der Waals surface area (Å²) in [6.45, 7) is 2.88. The summed E-state index contributed by atoms with van der Waals surface area (Å²) in [6, 6.07) is -1.27. The maximum absolute atomic E-state index is 11.7. The van der Waals surface area contributed by atoms with Crippen LogP contribution in [0.4, 0.5) is 0 Å². The molecule has 1 heterocycles. The Morgan fingerprint density at radius 3 is 2.41 bits per heavy atom. The van der Waals surface area contributed by atoms with Gasteiger partial charge in [-0.2, -0.15) is 0 Å². The van der Waals surface area contributed by atoms with Gasteiger partial charge in [-0.1, -0.05) is 0 Å². The lowest BCUT2D eigenvalue weighted by atomic mass is 10.0. The molecular weight excluding hydrogens is 226 g/mol. The van der Waals surface area contributed by atoms with Gasteiger partial charge in [0.15, 0.2) is 0 Å². The molecule has 1 saturated heterocycles. The Labute approximate surface area is 98.0 Å². The van der Waals surface area contributed by atoms with Crippen LogP contribution in [0.25, 0.3) is 0 Å². The summed E-state index contributed by atoms with van der Waals surface area (Å²) in [5, 5.41) is 14.1. The molecule has 0 aromatic carbocycles. The van der Waals surface area contributed by atoms with Crippen LogP contribution in [-0.4, -0.2) is 42.0 Å². The van der Waals surface area contributed by atoms with Gasteiger partial charge in [0.2, 0.25) is 11.8 Å². The lowest BCUT2D eigenvalue weighted by Gasteiger charge is -2.22. The second-order valence-electron chi connectivity index (χ2n) is 3.87. The van der Waals surface area contributed by atoms with Crippen molar-refractivity contribution in [3.05, 3.63) is 11.1 Å². The third-order valence-electron chi connectivity index (χ3n) is 2.56. The minimum Gasteiger partial charge on any atom is -0.480 e. The minimum absolute atomic E-state index is 0.415. The van der Waals surface area contributed by atoms with Crippen molar-refractivity contribution in [3.8, 4) is 0 Å². The number of carbonyl (C=O) groups is 3. The molecular formula is C10H15N3O4. The molecule has 1 atom stereocenters. The van der Waals surface area contributed by atoms with Crippen LogP contribution in [0.15, 0.2) is 11.1 Å². The Balaban J connectivity index is 2.64. The summed E-state index contributed by atoms with van der Waals surface area (Å²) in [6.07, 6.45) is -0.415. The van der Waals surface area contributed by atoms with E-state index in [-0.39, 0.29) is 0 Å². The molecule has 0 radical (unpaired) electrons. The van der Waals surface area contributed by atoms with E-state index < -0.39 is 30.2 Å². The fourth-order valence-corrected chi connectivity index (χ4v) is 1.34. The van der Waals surface area contributed by atoms with Gasteiger partial charge in [0.05, 0.1) is 6.42 Å². The second kappa shape index (κ2) is 5.44. The van der Waals surface area contributed by atoms with E-state index in [1.54, 1.807) is 6.92 Å². The Hall–Kier alpha value is -1.89. The molecule has 2 amide bonds. The van der Waals surface area contributed by atoms with Crippen molar-refractivity contribution in [1.82, 2.24) is 10.6 Å². The molecule has 17 heavy (non-hydrogen) atoms. The van der Waals surface area contributed by atoms with E-state index in [0.717, 1.165) is 5.57 Å². The third-order valence-corrected chi connectivity index (χ3v) is 2.56. The molecule has 1 rings (SSSR count). The highest BCUT2D eigenvalue weighted by atomic mass is 16.4. The second-order valence-corrected chi connectivity index (χ2v) is 3.87. The average Bonchev–Trinajstić information content (AvgIpc) is 2.12. The highest BCUT2D eigenvalue weighted by Crippen LogP contribution is 2.09. The van der Waals surface area contributed by atoms with Crippen LogP contribution in [0.3, 0.4) is 0 Å². The zero-order chi connectivity index (χ0) is 13.0. The van der Waals surface area contributed by atoms with E-state index in [2.05, 4.69) is 10.6 Å². The van der Waals surface area contributed by atoms with Crippen molar-refractivity contribution >= 4 is 17.8 Å². The summed E-state index contributed by atoms with van der Waals surface area (Å²) >= 11 is 0. The van der Waals surface area contributed by atoms with E-state index in [0.29, 0.717) is 18.7 Å². The number of primary amides is 1. The van der Waals surface area contributed by atoms with Gasteiger partial charge < -0.3 is 21.5 Å². The zero-order valence-corrected chi connectivity index (χ0v) is 9.45. The van der Waals surface area contributed by atoms with Crippen molar-refractivity contribution in [3.63, 3.8) is 0 Å². The number of carbonyl (C=O) groups excluding carboxylic acids is 2. The van der Waals surface area contributed by atoms with Crippen LogP contribution in [-0.2, 0) is 14.4 Å². The summed E-state index contributed by atoms with van der Waals surface area (Å²) in [5.74, 6) is -2.52. The zero-order valence-electron chi connectivity index (χ0n) is 9.45. The maximum Gasteiger partial charge on any atom is 0.326 e. The average molecular weight is 241 g/mol. The first-order valence-electron chi connectivity index (χ1n) is 5.13. The van der Waals surface area contributed by atoms with Crippen LogP contribution in [0.1, 0.15) is 13.3 Å². The summed E-state index contributed by atoms with van der Waals surface area (Å²) in [4.78, 5) is 33.1. The number of hydrogen-bond acceptors (Lipinski definition) is 4. The number of rotatable bonds is 5. The molecule has 1 fully saturated rings. The van der Waals surface area contributed by atoms with Gasteiger partial charge in [-0.15, -0.1) is 0 Å². The molecule has 1 unspecified atom stereocenters. The predicted molar refractivity (Wildman–Crippen MR) is 58.9 cm³/mol. The van der Waals surface area contributed by atoms with Crippen LogP contribution >= 0.6 is 0 Å². The van der Waals surface area contributed by atoms with Crippen molar-refractivity contribution in [2.45, 2.75) is 19.4 Å². The topological polar surface area (TPSA) is 122 Å². The first-order chi connectivity index (χ1) is 7.91. The normalized spacial score (nSPS) is 15.7. The summed E-state index contributed by atoms with van der Waals surface area (Å²) < 4.78 is 0. The predicted octanol–water partition coefficient (Wildman–Crippen LogP) is -1.65. The molecule has 1 aliphatic heterocycles. The first kappa shape index (κ1) is 13.2. The van der Waals surface area contributed by atoms with Gasteiger partial charge in [0, 0.05) is 18.7 Å². The molecule has 0 saturated carbocycles. The van der Waals surface area contributed by atoms with Crippen molar-refractivity contribution in [1.29, 1.82) is 0 Å². The van der Waals surface area contributed by atoms with Gasteiger partial charge in [-0.3, -0.25) is 9.59 Å². The third kappa shape index (κ3) is 3.56. The Bertz CT molecular complexity index is 383. The molecule has 7 nitrogen and oxygen atoms in total. The highest BCUT2D eigenvalue weighted by molar-refractivity contribution is 5.97. The lowest BCUT2D eigenvalue weighted by Crippen LogP contribution is -2.45. The van der Waals surface area contributed by atoms with Crippen LogP contribution in [0.5, 0.6) is 0 Å². The monoisotopic (exact) mass is 241 g/mol. The minimum atomic E-state index is -1.28. The van der Waals surface area contributed by atoms with Crippen LogP contribution in [0.2, 0.25) is 0 Å². The number of carboxylic acids is 1. The van der Waals surface area contributed by atoms with E-state index in [1.807, 2.05) is 0 Å². The number of nitrogens with one attached hydrogen (secondary N) is 2. The fraction of sp³-hybridized carbons (Fsp3) is 0.500. The van der Waals surface area contributed by atoms with Crippen LogP contribution < -0.4 is 16.4 Å². The molecule has 0 bridgehead atoms. The van der Waals surface area contributed by atoms with Gasteiger partial charge in [-0.25, -0.2) is 4.79 Å². The number of aliphatic carboxylic acids is 1. The lowest BCUT2D eigenvalue weighted by molar-refractivity contribution is -0.142. The standard InChI is InChI=1S/C10H15N3O4/c1-5(6-3-12-4-6)9(15)13-7(10(16)17)2-8(11)14/h7,12H,2-4H2,1H3,(H2,11,14)(H,13,15)(H,16,17). The van der Waals surface area contributed by atoms with E-state index in [1.165, 1.54) is 0 Å². The Morgan fingerprint density at radius 1 is 1.47 bits per heavy atom. The van der Waals surface area contributed by atoms with Gasteiger partial charge in [0.1, 0.15) is 6.04 Å². The Kier molecular flexibility index (Phi) is 4.22. The molecule has 0 aliphatic carbocycles. The molecule has 7 heteroatoms. The van der Waals surface area contributed by atoms with Gasteiger partial charge >= 0.3 is 5.97 Å². The molecule has 0 spiro atoms. The van der Waals surface area contributed by atoms with Crippen molar-refractivity contribution in [2.75, 3.05) is 13.1 Å². The molecule has 1 aliphatic rings. The van der Waals surface area contributed by atoms with E-state index >= 15 is 0 Å². The van der Waals surface area contributed by atoms with E-state index in [4.69, 9.17) is 10.8 Å². The Morgan fingerprint density at radius 2 is 2.06 bits per heavy atom. The molecule has 0 aromatic rings. The van der Waals surface area contributed by atoms with E-state index in [9.17, 15) is 14.4 Å².